The minimum absolute atomic E-state index is 0.115. The molecule has 0 spiro atoms. The predicted octanol–water partition coefficient (Wildman–Crippen LogP) is 4.07. The van der Waals surface area contributed by atoms with Crippen LogP contribution >= 0.6 is 27.7 Å². The number of carbonyl (C=O) groups is 1. The topological polar surface area (TPSA) is 85.6 Å². The minimum atomic E-state index is -0.115. The molecule has 0 aliphatic heterocycles. The van der Waals surface area contributed by atoms with Gasteiger partial charge in [0.25, 0.3) is 0 Å². The highest BCUT2D eigenvalue weighted by Gasteiger charge is 2.14. The van der Waals surface area contributed by atoms with E-state index in [0.717, 1.165) is 15.7 Å². The highest BCUT2D eigenvalue weighted by Crippen LogP contribution is 2.23. The molecule has 0 unspecified atom stereocenters. The first-order chi connectivity index (χ1) is 14.1. The van der Waals surface area contributed by atoms with Crippen molar-refractivity contribution >= 4 is 50.5 Å². The average molecular weight is 469 g/mol. The van der Waals surface area contributed by atoms with Gasteiger partial charge in [-0.2, -0.15) is 0 Å². The van der Waals surface area contributed by atoms with Crippen molar-refractivity contribution < 1.29 is 4.79 Å². The Hall–Kier alpha value is -2.78. The van der Waals surface area contributed by atoms with Gasteiger partial charge in [-0.05, 0) is 36.8 Å². The third-order valence-corrected chi connectivity index (χ3v) is 5.69. The molecule has 1 N–H and O–H groups in total. The van der Waals surface area contributed by atoms with Gasteiger partial charge in [-0.3, -0.25) is 4.79 Å². The summed E-state index contributed by atoms with van der Waals surface area (Å²) in [5.74, 6) is 0.101. The van der Waals surface area contributed by atoms with E-state index >= 15 is 0 Å². The van der Waals surface area contributed by atoms with E-state index in [4.69, 9.17) is 0 Å². The van der Waals surface area contributed by atoms with Crippen LogP contribution in [0.25, 0.3) is 11.2 Å². The fraction of sp³-hybridized carbons (Fsp3) is 0.150. The van der Waals surface area contributed by atoms with E-state index in [2.05, 4.69) is 72.7 Å². The predicted molar refractivity (Wildman–Crippen MR) is 117 cm³/mol. The summed E-state index contributed by atoms with van der Waals surface area (Å²) in [5, 5.41) is 12.0. The van der Waals surface area contributed by atoms with Crippen molar-refractivity contribution in [2.45, 2.75) is 18.5 Å². The first-order valence-corrected chi connectivity index (χ1v) is 10.6. The van der Waals surface area contributed by atoms with E-state index in [0.29, 0.717) is 22.7 Å². The second-order valence-corrected chi connectivity index (χ2v) is 8.31. The number of aryl methyl sites for hydroxylation is 1. The molecule has 0 saturated heterocycles. The van der Waals surface area contributed by atoms with E-state index in [-0.39, 0.29) is 11.7 Å². The molecular weight excluding hydrogens is 452 g/mol. The molecule has 0 aliphatic rings. The molecular formula is C20H17BrN6OS. The molecule has 2 heterocycles. The molecule has 0 saturated carbocycles. The average Bonchev–Trinajstić information content (AvgIpc) is 3.13. The largest absolute Gasteiger partial charge is 0.325 e. The standard InChI is InChI=1S/C20H17BrN6OS/c1-13-2-4-14(5-3-13)10-27-19-18(25-26-27)20(23-12-22-19)29-11-17(28)24-16-8-6-15(21)7-9-16/h2-9,12H,10-11H2,1H3,(H,24,28). The van der Waals surface area contributed by atoms with Crippen molar-refractivity contribution in [2.75, 3.05) is 11.1 Å². The van der Waals surface area contributed by atoms with Crippen LogP contribution in [0.4, 0.5) is 5.69 Å². The molecule has 4 rings (SSSR count). The van der Waals surface area contributed by atoms with E-state index in [1.165, 1.54) is 23.7 Å². The number of hydrogen-bond donors (Lipinski definition) is 1. The normalized spacial score (nSPS) is 11.0. The molecule has 2 aromatic heterocycles. The fourth-order valence-corrected chi connectivity index (χ4v) is 3.71. The van der Waals surface area contributed by atoms with Crippen LogP contribution in [0.3, 0.4) is 0 Å². The van der Waals surface area contributed by atoms with Gasteiger partial charge < -0.3 is 5.32 Å². The van der Waals surface area contributed by atoms with Gasteiger partial charge in [0.05, 0.1) is 12.3 Å². The van der Waals surface area contributed by atoms with Crippen molar-refractivity contribution in [1.29, 1.82) is 0 Å². The van der Waals surface area contributed by atoms with Crippen LogP contribution in [0.2, 0.25) is 0 Å². The van der Waals surface area contributed by atoms with Crippen LogP contribution in [0.5, 0.6) is 0 Å². The highest BCUT2D eigenvalue weighted by atomic mass is 79.9. The van der Waals surface area contributed by atoms with Crippen molar-refractivity contribution in [1.82, 2.24) is 25.0 Å². The van der Waals surface area contributed by atoms with Gasteiger partial charge in [0, 0.05) is 10.2 Å². The molecule has 9 heteroatoms. The Balaban J connectivity index is 1.45. The quantitative estimate of drug-likeness (QED) is 0.339. The van der Waals surface area contributed by atoms with Gasteiger partial charge in [0.2, 0.25) is 5.91 Å². The molecule has 1 amide bonds. The molecule has 7 nitrogen and oxygen atoms in total. The Bertz CT molecular complexity index is 1140. The maximum atomic E-state index is 12.3. The second-order valence-electron chi connectivity index (χ2n) is 6.43. The molecule has 0 radical (unpaired) electrons. The minimum Gasteiger partial charge on any atom is -0.325 e. The Morgan fingerprint density at radius 3 is 2.62 bits per heavy atom. The van der Waals surface area contributed by atoms with Crippen LogP contribution in [0.1, 0.15) is 11.1 Å². The van der Waals surface area contributed by atoms with Gasteiger partial charge in [0.15, 0.2) is 11.2 Å². The summed E-state index contributed by atoms with van der Waals surface area (Å²) in [6.45, 7) is 2.63. The summed E-state index contributed by atoms with van der Waals surface area (Å²) < 4.78 is 2.70. The number of benzene rings is 2. The maximum Gasteiger partial charge on any atom is 0.234 e. The monoisotopic (exact) mass is 468 g/mol. The summed E-state index contributed by atoms with van der Waals surface area (Å²) in [6.07, 6.45) is 1.48. The van der Waals surface area contributed by atoms with Crippen LogP contribution in [-0.4, -0.2) is 36.6 Å². The Kier molecular flexibility index (Phi) is 5.86. The first-order valence-electron chi connectivity index (χ1n) is 8.86. The zero-order chi connectivity index (χ0) is 20.2. The van der Waals surface area contributed by atoms with Crippen LogP contribution in [-0.2, 0) is 11.3 Å². The van der Waals surface area contributed by atoms with Gasteiger partial charge in [-0.1, -0.05) is 62.7 Å². The summed E-state index contributed by atoms with van der Waals surface area (Å²) in [5.41, 5.74) is 4.32. The number of aromatic nitrogens is 5. The number of hydrogen-bond acceptors (Lipinski definition) is 6. The maximum absolute atomic E-state index is 12.3. The number of nitrogens with one attached hydrogen (secondary N) is 1. The van der Waals surface area contributed by atoms with Crippen molar-refractivity contribution in [3.05, 3.63) is 70.5 Å². The second kappa shape index (κ2) is 8.71. The summed E-state index contributed by atoms with van der Waals surface area (Å²) in [7, 11) is 0. The van der Waals surface area contributed by atoms with Gasteiger partial charge >= 0.3 is 0 Å². The smallest absolute Gasteiger partial charge is 0.234 e. The zero-order valence-electron chi connectivity index (χ0n) is 15.5. The summed E-state index contributed by atoms with van der Waals surface area (Å²) in [6, 6.07) is 15.7. The fourth-order valence-electron chi connectivity index (χ4n) is 2.71. The first kappa shape index (κ1) is 19.5. The lowest BCUT2D eigenvalue weighted by Crippen LogP contribution is -2.14. The SMILES string of the molecule is Cc1ccc(Cn2nnc3c(SCC(=O)Nc4ccc(Br)cc4)ncnc32)cc1. The lowest BCUT2D eigenvalue weighted by Gasteiger charge is -2.05. The molecule has 0 fully saturated rings. The van der Waals surface area contributed by atoms with Crippen molar-refractivity contribution in [3.63, 3.8) is 0 Å². The molecule has 146 valence electrons. The van der Waals surface area contributed by atoms with Gasteiger partial charge in [-0.15, -0.1) is 5.10 Å². The number of nitrogens with zero attached hydrogens (tertiary/aromatic N) is 5. The van der Waals surface area contributed by atoms with Crippen molar-refractivity contribution in [2.24, 2.45) is 0 Å². The number of halogens is 1. The molecule has 0 bridgehead atoms. The van der Waals surface area contributed by atoms with E-state index in [1.807, 2.05) is 24.3 Å². The Labute approximate surface area is 180 Å². The van der Waals surface area contributed by atoms with E-state index in [1.54, 1.807) is 4.68 Å². The third-order valence-electron chi connectivity index (χ3n) is 4.19. The Morgan fingerprint density at radius 1 is 1.10 bits per heavy atom. The van der Waals surface area contributed by atoms with Crippen molar-refractivity contribution in [3.8, 4) is 0 Å². The lowest BCUT2D eigenvalue weighted by atomic mass is 10.1. The van der Waals surface area contributed by atoms with Crippen LogP contribution in [0, 0.1) is 6.92 Å². The lowest BCUT2D eigenvalue weighted by molar-refractivity contribution is -0.113. The van der Waals surface area contributed by atoms with Crippen LogP contribution < -0.4 is 5.32 Å². The zero-order valence-corrected chi connectivity index (χ0v) is 17.9. The number of fused-ring (bicyclic) bond motifs is 1. The van der Waals surface area contributed by atoms with E-state index < -0.39 is 0 Å². The Morgan fingerprint density at radius 2 is 1.86 bits per heavy atom. The number of anilines is 1. The molecule has 0 atom stereocenters. The third kappa shape index (κ3) is 4.80. The molecule has 29 heavy (non-hydrogen) atoms. The number of rotatable bonds is 6. The number of amides is 1. The van der Waals surface area contributed by atoms with E-state index in [9.17, 15) is 4.79 Å². The summed E-state index contributed by atoms with van der Waals surface area (Å²) >= 11 is 4.69. The molecule has 4 aromatic rings. The summed E-state index contributed by atoms with van der Waals surface area (Å²) in [4.78, 5) is 20.9. The number of thioether (sulfide) groups is 1. The molecule has 0 aliphatic carbocycles. The van der Waals surface area contributed by atoms with Crippen LogP contribution in [0.15, 0.2) is 64.4 Å². The highest BCUT2D eigenvalue weighted by molar-refractivity contribution is 9.10. The number of carbonyl (C=O) groups excluding carboxylic acids is 1. The molecule has 2 aromatic carbocycles. The van der Waals surface area contributed by atoms with Gasteiger partial charge in [-0.25, -0.2) is 14.6 Å². The van der Waals surface area contributed by atoms with Gasteiger partial charge in [0.1, 0.15) is 11.4 Å².